The fourth-order valence-corrected chi connectivity index (χ4v) is 2.92. The van der Waals surface area contributed by atoms with Gasteiger partial charge in [-0.3, -0.25) is 0 Å². The number of nitrogens with two attached hydrogens (primary N) is 1. The lowest BCUT2D eigenvalue weighted by molar-refractivity contribution is 0.594. The van der Waals surface area contributed by atoms with Crippen molar-refractivity contribution in [3.05, 3.63) is 29.8 Å². The Hall–Kier alpha value is -0.870. The summed E-state index contributed by atoms with van der Waals surface area (Å²) < 4.78 is 23.5. The molecule has 90 valence electrons. The maximum Gasteiger partial charge on any atom is 0.178 e. The fraction of sp³-hybridized carbons (Fsp3) is 0.500. The Morgan fingerprint density at radius 1 is 1.25 bits per heavy atom. The summed E-state index contributed by atoms with van der Waals surface area (Å²) in [7, 11) is -3.09. The maximum atomic E-state index is 11.7. The van der Waals surface area contributed by atoms with Crippen molar-refractivity contribution in [2.45, 2.75) is 37.6 Å². The van der Waals surface area contributed by atoms with Crippen LogP contribution in [-0.2, 0) is 16.3 Å². The van der Waals surface area contributed by atoms with Crippen LogP contribution < -0.4 is 5.73 Å². The van der Waals surface area contributed by atoms with Crippen molar-refractivity contribution in [3.63, 3.8) is 0 Å². The van der Waals surface area contributed by atoms with Gasteiger partial charge in [0, 0.05) is 6.04 Å². The molecule has 1 atom stereocenters. The van der Waals surface area contributed by atoms with Crippen LogP contribution >= 0.6 is 0 Å². The van der Waals surface area contributed by atoms with Gasteiger partial charge in [0.15, 0.2) is 9.84 Å². The molecule has 0 saturated heterocycles. The average molecular weight is 241 g/mol. The fourth-order valence-electron chi connectivity index (χ4n) is 1.59. The first-order valence-corrected chi connectivity index (χ1v) is 7.18. The third-order valence-electron chi connectivity index (χ3n) is 2.31. The topological polar surface area (TPSA) is 60.2 Å². The molecule has 0 amide bonds. The molecule has 0 aliphatic rings. The van der Waals surface area contributed by atoms with Crippen LogP contribution in [0.5, 0.6) is 0 Å². The Balaban J connectivity index is 2.87. The van der Waals surface area contributed by atoms with E-state index in [9.17, 15) is 8.42 Å². The zero-order chi connectivity index (χ0) is 12.2. The number of hydrogen-bond acceptors (Lipinski definition) is 3. The summed E-state index contributed by atoms with van der Waals surface area (Å²) >= 11 is 0. The first kappa shape index (κ1) is 13.2. The van der Waals surface area contributed by atoms with Gasteiger partial charge < -0.3 is 5.73 Å². The van der Waals surface area contributed by atoms with Gasteiger partial charge in [0.1, 0.15) is 0 Å². The highest BCUT2D eigenvalue weighted by atomic mass is 32.2. The van der Waals surface area contributed by atoms with Crippen LogP contribution in [0.3, 0.4) is 0 Å². The van der Waals surface area contributed by atoms with Gasteiger partial charge in [0.25, 0.3) is 0 Å². The number of sulfone groups is 1. The molecule has 16 heavy (non-hydrogen) atoms. The molecule has 2 N–H and O–H groups in total. The largest absolute Gasteiger partial charge is 0.328 e. The molecule has 1 aromatic rings. The van der Waals surface area contributed by atoms with Crippen LogP contribution in [0.1, 0.15) is 25.8 Å². The van der Waals surface area contributed by atoms with E-state index in [0.717, 1.165) is 12.0 Å². The van der Waals surface area contributed by atoms with Crippen molar-refractivity contribution in [2.24, 2.45) is 5.73 Å². The van der Waals surface area contributed by atoms with Crippen molar-refractivity contribution < 1.29 is 8.42 Å². The highest BCUT2D eigenvalue weighted by molar-refractivity contribution is 7.91. The van der Waals surface area contributed by atoms with Gasteiger partial charge in [-0.15, -0.1) is 0 Å². The Morgan fingerprint density at radius 2 is 1.81 bits per heavy atom. The summed E-state index contributed by atoms with van der Waals surface area (Å²) in [6, 6.07) is 7.11. The van der Waals surface area contributed by atoms with Crippen LogP contribution in [0.2, 0.25) is 0 Å². The molecule has 4 heteroatoms. The highest BCUT2D eigenvalue weighted by Crippen LogP contribution is 2.14. The molecule has 0 aromatic heterocycles. The number of hydrogen-bond donors (Lipinski definition) is 1. The summed E-state index contributed by atoms with van der Waals surface area (Å²) in [6.45, 7) is 3.80. The SMILES string of the molecule is CCCS(=O)(=O)c1ccc(CC(C)N)cc1. The quantitative estimate of drug-likeness (QED) is 0.854. The molecule has 0 aliphatic carbocycles. The number of benzene rings is 1. The standard InChI is InChI=1S/C12H19NO2S/c1-3-8-16(14,15)12-6-4-11(5-7-12)9-10(2)13/h4-7,10H,3,8-9,13H2,1-2H3. The second-order valence-corrected chi connectivity index (χ2v) is 6.25. The Labute approximate surface area is 97.6 Å². The minimum atomic E-state index is -3.09. The zero-order valence-electron chi connectivity index (χ0n) is 9.81. The first-order valence-electron chi connectivity index (χ1n) is 5.53. The summed E-state index contributed by atoms with van der Waals surface area (Å²) in [5, 5.41) is 0. The summed E-state index contributed by atoms with van der Waals surface area (Å²) in [6.07, 6.45) is 1.41. The van der Waals surface area contributed by atoms with Gasteiger partial charge in [-0.2, -0.15) is 0 Å². The van der Waals surface area contributed by atoms with Crippen molar-refractivity contribution in [1.82, 2.24) is 0 Å². The second kappa shape index (κ2) is 5.46. The number of rotatable bonds is 5. The van der Waals surface area contributed by atoms with Crippen LogP contribution in [-0.4, -0.2) is 20.2 Å². The molecule has 0 fully saturated rings. The van der Waals surface area contributed by atoms with E-state index in [1.165, 1.54) is 0 Å². The van der Waals surface area contributed by atoms with Gasteiger partial charge in [0.05, 0.1) is 10.6 Å². The average Bonchev–Trinajstić information content (AvgIpc) is 2.17. The van der Waals surface area contributed by atoms with Gasteiger partial charge in [0.2, 0.25) is 0 Å². The molecule has 1 aromatic carbocycles. The van der Waals surface area contributed by atoms with Gasteiger partial charge >= 0.3 is 0 Å². The van der Waals surface area contributed by atoms with Crippen molar-refractivity contribution in [2.75, 3.05) is 5.75 Å². The van der Waals surface area contributed by atoms with Gasteiger partial charge in [-0.05, 0) is 37.5 Å². The summed E-state index contributed by atoms with van der Waals surface area (Å²) in [5.41, 5.74) is 6.75. The third-order valence-corrected chi connectivity index (χ3v) is 4.25. The van der Waals surface area contributed by atoms with E-state index in [0.29, 0.717) is 11.3 Å². The summed E-state index contributed by atoms with van der Waals surface area (Å²) in [4.78, 5) is 0.405. The van der Waals surface area contributed by atoms with E-state index in [1.54, 1.807) is 12.1 Å². The van der Waals surface area contributed by atoms with E-state index in [-0.39, 0.29) is 11.8 Å². The molecule has 0 spiro atoms. The second-order valence-electron chi connectivity index (χ2n) is 4.14. The van der Waals surface area contributed by atoms with Crippen molar-refractivity contribution in [1.29, 1.82) is 0 Å². The monoisotopic (exact) mass is 241 g/mol. The van der Waals surface area contributed by atoms with E-state index in [1.807, 2.05) is 26.0 Å². The van der Waals surface area contributed by atoms with Crippen LogP contribution in [0, 0.1) is 0 Å². The van der Waals surface area contributed by atoms with Gasteiger partial charge in [-0.1, -0.05) is 19.1 Å². The lowest BCUT2D eigenvalue weighted by Gasteiger charge is -2.07. The Morgan fingerprint density at radius 3 is 2.25 bits per heavy atom. The molecule has 0 heterocycles. The van der Waals surface area contributed by atoms with Gasteiger partial charge in [-0.25, -0.2) is 8.42 Å². The van der Waals surface area contributed by atoms with E-state index >= 15 is 0 Å². The molecule has 3 nitrogen and oxygen atoms in total. The molecule has 1 rings (SSSR count). The predicted molar refractivity (Wildman–Crippen MR) is 66.1 cm³/mol. The first-order chi connectivity index (χ1) is 7.45. The summed E-state index contributed by atoms with van der Waals surface area (Å²) in [5.74, 6) is 0.208. The maximum absolute atomic E-state index is 11.7. The third kappa shape index (κ3) is 3.61. The van der Waals surface area contributed by atoms with E-state index in [2.05, 4.69) is 0 Å². The van der Waals surface area contributed by atoms with Crippen LogP contribution in [0.15, 0.2) is 29.2 Å². The predicted octanol–water partition coefficient (Wildman–Crippen LogP) is 1.76. The smallest absolute Gasteiger partial charge is 0.178 e. The van der Waals surface area contributed by atoms with Crippen molar-refractivity contribution >= 4 is 9.84 Å². The Bertz CT molecular complexity index is 421. The van der Waals surface area contributed by atoms with Crippen LogP contribution in [0.4, 0.5) is 0 Å². The van der Waals surface area contributed by atoms with Crippen molar-refractivity contribution in [3.8, 4) is 0 Å². The molecule has 0 radical (unpaired) electrons. The molecule has 0 bridgehead atoms. The molecule has 1 unspecified atom stereocenters. The molecule has 0 aliphatic heterocycles. The molecular formula is C12H19NO2S. The molecule has 0 saturated carbocycles. The van der Waals surface area contributed by atoms with E-state index < -0.39 is 9.84 Å². The lowest BCUT2D eigenvalue weighted by Crippen LogP contribution is -2.17. The zero-order valence-corrected chi connectivity index (χ0v) is 10.6. The van der Waals surface area contributed by atoms with Crippen LogP contribution in [0.25, 0.3) is 0 Å². The minimum absolute atomic E-state index is 0.0955. The van der Waals surface area contributed by atoms with E-state index in [4.69, 9.17) is 5.73 Å². The molecular weight excluding hydrogens is 222 g/mol. The highest BCUT2D eigenvalue weighted by Gasteiger charge is 2.12. The Kier molecular flexibility index (Phi) is 4.50. The minimum Gasteiger partial charge on any atom is -0.328 e. The lowest BCUT2D eigenvalue weighted by atomic mass is 10.1. The normalized spacial score (nSPS) is 13.7.